The monoisotopic (exact) mass is 260 g/mol. The van der Waals surface area contributed by atoms with Gasteiger partial charge in [0, 0.05) is 11.6 Å². The summed E-state index contributed by atoms with van der Waals surface area (Å²) >= 11 is 0. The Labute approximate surface area is 111 Å². The van der Waals surface area contributed by atoms with E-state index in [0.29, 0.717) is 16.7 Å². The number of hydrogen-bond acceptors (Lipinski definition) is 4. The average molecular weight is 260 g/mol. The highest BCUT2D eigenvalue weighted by Gasteiger charge is 2.13. The first-order chi connectivity index (χ1) is 8.90. The maximum atomic E-state index is 9.91. The molecule has 4 N–H and O–H groups in total. The van der Waals surface area contributed by atoms with Crippen molar-refractivity contribution in [1.29, 1.82) is 0 Å². The molecule has 0 unspecified atom stereocenters. The molecule has 19 heavy (non-hydrogen) atoms. The first kappa shape index (κ1) is 13.1. The van der Waals surface area contributed by atoms with Gasteiger partial charge in [0.1, 0.15) is 11.5 Å². The van der Waals surface area contributed by atoms with Crippen molar-refractivity contribution < 1.29 is 20.4 Å². The Hall–Kier alpha value is -2.36. The summed E-state index contributed by atoms with van der Waals surface area (Å²) in [5, 5.41) is 38.5. The average Bonchev–Trinajstić information content (AvgIpc) is 2.32. The summed E-state index contributed by atoms with van der Waals surface area (Å²) in [5.41, 5.74) is 1.77. The lowest BCUT2D eigenvalue weighted by atomic mass is 9.95. The van der Waals surface area contributed by atoms with Crippen molar-refractivity contribution in [3.8, 4) is 34.1 Å². The second kappa shape index (κ2) is 4.72. The number of benzene rings is 2. The van der Waals surface area contributed by atoms with Crippen LogP contribution in [0, 0.1) is 0 Å². The molecule has 0 aliphatic rings. The van der Waals surface area contributed by atoms with Gasteiger partial charge in [0.25, 0.3) is 0 Å². The van der Waals surface area contributed by atoms with E-state index in [1.165, 1.54) is 18.2 Å². The molecule has 2 aromatic rings. The fourth-order valence-corrected chi connectivity index (χ4v) is 1.98. The lowest BCUT2D eigenvalue weighted by Gasteiger charge is -2.13. The minimum Gasteiger partial charge on any atom is -0.508 e. The molecular formula is C15H16O4. The molecule has 2 rings (SSSR count). The van der Waals surface area contributed by atoms with Gasteiger partial charge in [-0.1, -0.05) is 19.9 Å². The van der Waals surface area contributed by atoms with Crippen molar-refractivity contribution in [2.24, 2.45) is 0 Å². The number of phenolic OH excluding ortho intramolecular Hbond substituents is 4. The summed E-state index contributed by atoms with van der Waals surface area (Å²) in [7, 11) is 0. The quantitative estimate of drug-likeness (QED) is 0.624. The molecule has 0 heterocycles. The van der Waals surface area contributed by atoms with Gasteiger partial charge in [0.05, 0.1) is 0 Å². The summed E-state index contributed by atoms with van der Waals surface area (Å²) in [6, 6.07) is 7.28. The van der Waals surface area contributed by atoms with Crippen LogP contribution in [0.25, 0.3) is 11.1 Å². The van der Waals surface area contributed by atoms with Gasteiger partial charge in [0.15, 0.2) is 11.5 Å². The van der Waals surface area contributed by atoms with Gasteiger partial charge in [-0.25, -0.2) is 0 Å². The maximum absolute atomic E-state index is 9.91. The van der Waals surface area contributed by atoms with Crippen molar-refractivity contribution in [2.45, 2.75) is 19.8 Å². The van der Waals surface area contributed by atoms with Crippen LogP contribution in [0.2, 0.25) is 0 Å². The van der Waals surface area contributed by atoms with Crippen LogP contribution in [0.5, 0.6) is 23.0 Å². The van der Waals surface area contributed by atoms with Crippen LogP contribution in [0.3, 0.4) is 0 Å². The van der Waals surface area contributed by atoms with E-state index >= 15 is 0 Å². The molecule has 4 nitrogen and oxygen atoms in total. The zero-order chi connectivity index (χ0) is 14.2. The second-order valence-electron chi connectivity index (χ2n) is 4.79. The van der Waals surface area contributed by atoms with E-state index < -0.39 is 0 Å². The van der Waals surface area contributed by atoms with Crippen LogP contribution >= 0.6 is 0 Å². The molecule has 0 amide bonds. The molecule has 0 bridgehead atoms. The van der Waals surface area contributed by atoms with E-state index in [1.54, 1.807) is 12.1 Å². The number of rotatable bonds is 2. The summed E-state index contributed by atoms with van der Waals surface area (Å²) in [5.74, 6) is -0.404. The van der Waals surface area contributed by atoms with Crippen LogP contribution < -0.4 is 0 Å². The first-order valence-corrected chi connectivity index (χ1v) is 5.98. The smallest absolute Gasteiger partial charge is 0.158 e. The SMILES string of the molecule is CC(C)c1cc(-c2ccc(O)c(O)c2)c(O)cc1O. The molecule has 100 valence electrons. The van der Waals surface area contributed by atoms with Crippen molar-refractivity contribution >= 4 is 0 Å². The third kappa shape index (κ3) is 2.42. The van der Waals surface area contributed by atoms with Crippen LogP contribution in [0.4, 0.5) is 0 Å². The van der Waals surface area contributed by atoms with Gasteiger partial charge in [0.2, 0.25) is 0 Å². The number of aromatic hydroxyl groups is 4. The molecule has 0 aliphatic heterocycles. The predicted octanol–water partition coefficient (Wildman–Crippen LogP) is 3.30. The molecule has 0 radical (unpaired) electrons. The van der Waals surface area contributed by atoms with Crippen LogP contribution in [0.1, 0.15) is 25.3 Å². The molecule has 4 heteroatoms. The highest BCUT2D eigenvalue weighted by molar-refractivity contribution is 5.74. The lowest BCUT2D eigenvalue weighted by molar-refractivity contribution is 0.404. The molecule has 0 atom stereocenters. The first-order valence-electron chi connectivity index (χ1n) is 5.98. The fourth-order valence-electron chi connectivity index (χ4n) is 1.98. The third-order valence-electron chi connectivity index (χ3n) is 3.05. The van der Waals surface area contributed by atoms with E-state index in [4.69, 9.17) is 0 Å². The van der Waals surface area contributed by atoms with E-state index in [2.05, 4.69) is 0 Å². The van der Waals surface area contributed by atoms with Crippen molar-refractivity contribution in [2.75, 3.05) is 0 Å². The van der Waals surface area contributed by atoms with Crippen molar-refractivity contribution in [1.82, 2.24) is 0 Å². The lowest BCUT2D eigenvalue weighted by Crippen LogP contribution is -1.90. The van der Waals surface area contributed by atoms with Crippen LogP contribution in [0.15, 0.2) is 30.3 Å². The Morgan fingerprint density at radius 2 is 1.42 bits per heavy atom. The Balaban J connectivity index is 2.61. The minimum atomic E-state index is -0.254. The van der Waals surface area contributed by atoms with E-state index in [0.717, 1.165) is 0 Å². The highest BCUT2D eigenvalue weighted by Crippen LogP contribution is 2.39. The largest absolute Gasteiger partial charge is 0.508 e. The van der Waals surface area contributed by atoms with Crippen LogP contribution in [-0.4, -0.2) is 20.4 Å². The van der Waals surface area contributed by atoms with Gasteiger partial charge in [-0.3, -0.25) is 0 Å². The van der Waals surface area contributed by atoms with Crippen molar-refractivity contribution in [3.63, 3.8) is 0 Å². The topological polar surface area (TPSA) is 80.9 Å². The fraction of sp³-hybridized carbons (Fsp3) is 0.200. The predicted molar refractivity (Wildman–Crippen MR) is 72.6 cm³/mol. The van der Waals surface area contributed by atoms with Gasteiger partial charge in [-0.2, -0.15) is 0 Å². The van der Waals surface area contributed by atoms with Gasteiger partial charge in [-0.15, -0.1) is 0 Å². The summed E-state index contributed by atoms with van der Waals surface area (Å²) in [6.07, 6.45) is 0. The Morgan fingerprint density at radius 1 is 0.737 bits per heavy atom. The van der Waals surface area contributed by atoms with E-state index in [1.807, 2.05) is 13.8 Å². The molecule has 0 aliphatic carbocycles. The normalized spacial score (nSPS) is 10.9. The standard InChI is InChI=1S/C15H16O4/c1-8(2)10-6-11(14(18)7-13(10)17)9-3-4-12(16)15(19)5-9/h3-8,16-19H,1-2H3. The number of phenols is 4. The molecule has 0 saturated heterocycles. The summed E-state index contributed by atoms with van der Waals surface area (Å²) < 4.78 is 0. The zero-order valence-electron chi connectivity index (χ0n) is 10.8. The van der Waals surface area contributed by atoms with Crippen LogP contribution in [-0.2, 0) is 0 Å². The molecule has 0 aromatic heterocycles. The van der Waals surface area contributed by atoms with Gasteiger partial charge < -0.3 is 20.4 Å². The molecule has 0 fully saturated rings. The van der Waals surface area contributed by atoms with E-state index in [-0.39, 0.29) is 28.9 Å². The minimum absolute atomic E-state index is 0.0410. The Bertz CT molecular complexity index is 618. The molecule has 2 aromatic carbocycles. The van der Waals surface area contributed by atoms with Gasteiger partial charge >= 0.3 is 0 Å². The highest BCUT2D eigenvalue weighted by atomic mass is 16.3. The Morgan fingerprint density at radius 3 is 2.00 bits per heavy atom. The molecule has 0 saturated carbocycles. The molecule has 0 spiro atoms. The third-order valence-corrected chi connectivity index (χ3v) is 3.05. The molecular weight excluding hydrogens is 244 g/mol. The summed E-state index contributed by atoms with van der Waals surface area (Å²) in [4.78, 5) is 0. The Kier molecular flexibility index (Phi) is 3.25. The van der Waals surface area contributed by atoms with Crippen molar-refractivity contribution in [3.05, 3.63) is 35.9 Å². The number of hydrogen-bond donors (Lipinski definition) is 4. The van der Waals surface area contributed by atoms with Gasteiger partial charge in [-0.05, 0) is 35.2 Å². The zero-order valence-corrected chi connectivity index (χ0v) is 10.8. The maximum Gasteiger partial charge on any atom is 0.158 e. The second-order valence-corrected chi connectivity index (χ2v) is 4.79. The summed E-state index contributed by atoms with van der Waals surface area (Å²) in [6.45, 7) is 3.87. The van der Waals surface area contributed by atoms with E-state index in [9.17, 15) is 20.4 Å².